The van der Waals surface area contributed by atoms with Crippen molar-refractivity contribution in [3.8, 4) is 0 Å². The van der Waals surface area contributed by atoms with Crippen LogP contribution in [0.5, 0.6) is 0 Å². The molecule has 0 saturated carbocycles. The molecule has 1 N–H and O–H groups in total. The molecular formula is C5H5N2O3P. The maximum absolute atomic E-state index is 10.2. The fourth-order valence-corrected chi connectivity index (χ4v) is 0.860. The molecule has 58 valence electrons. The number of nitrogens with zero attached hydrogens (tertiary/aromatic N) is 2. The van der Waals surface area contributed by atoms with E-state index in [9.17, 15) is 9.13 Å². The number of aliphatic hydroxyl groups excluding tert-OH is 1. The van der Waals surface area contributed by atoms with Gasteiger partial charge in [0, 0.05) is 12.4 Å². The van der Waals surface area contributed by atoms with Crippen molar-refractivity contribution in [1.29, 1.82) is 0 Å². The minimum Gasteiger partial charge on any atom is -0.371 e. The smallest absolute Gasteiger partial charge is 0.353 e. The Morgan fingerprint density at radius 3 is 2.36 bits per heavy atom. The van der Waals surface area contributed by atoms with Gasteiger partial charge in [-0.15, -0.1) is 0 Å². The second kappa shape index (κ2) is 3.37. The lowest BCUT2D eigenvalue weighted by Crippen LogP contribution is -1.96. The van der Waals surface area contributed by atoms with Gasteiger partial charge in [-0.2, -0.15) is 0 Å². The van der Waals surface area contributed by atoms with E-state index < -0.39 is 13.5 Å². The van der Waals surface area contributed by atoms with Gasteiger partial charge in [0.05, 0.1) is 0 Å². The predicted octanol–water partition coefficient (Wildman–Crippen LogP) is 0.640. The molecular weight excluding hydrogens is 167 g/mol. The monoisotopic (exact) mass is 172 g/mol. The fourth-order valence-electron chi connectivity index (χ4n) is 0.538. The van der Waals surface area contributed by atoms with E-state index in [1.54, 1.807) is 0 Å². The summed E-state index contributed by atoms with van der Waals surface area (Å²) in [5, 5.41) is 8.88. The summed E-state index contributed by atoms with van der Waals surface area (Å²) in [5.74, 6) is -1.69. The maximum Gasteiger partial charge on any atom is 0.353 e. The van der Waals surface area contributed by atoms with Gasteiger partial charge >= 0.3 is 7.68 Å². The third-order valence-electron chi connectivity index (χ3n) is 1.02. The van der Waals surface area contributed by atoms with Crippen LogP contribution < -0.4 is 0 Å². The first-order chi connectivity index (χ1) is 5.22. The van der Waals surface area contributed by atoms with E-state index in [1.165, 1.54) is 18.5 Å². The van der Waals surface area contributed by atoms with Gasteiger partial charge in [0.2, 0.25) is 5.85 Å². The molecule has 6 heteroatoms. The van der Waals surface area contributed by atoms with Crippen molar-refractivity contribution in [2.45, 2.75) is 5.85 Å². The second-order valence-corrected chi connectivity index (χ2v) is 2.83. The van der Waals surface area contributed by atoms with E-state index in [4.69, 9.17) is 5.11 Å². The molecule has 1 heterocycles. The Morgan fingerprint density at radius 2 is 1.91 bits per heavy atom. The summed E-state index contributed by atoms with van der Waals surface area (Å²) in [5.41, 5.74) is 0. The molecule has 1 unspecified atom stereocenters. The first kappa shape index (κ1) is 8.04. The van der Waals surface area contributed by atoms with Gasteiger partial charge in [-0.25, -0.2) is 19.1 Å². The first-order valence-corrected chi connectivity index (χ1v) is 4.05. The molecule has 0 aliphatic rings. The van der Waals surface area contributed by atoms with E-state index >= 15 is 0 Å². The predicted molar refractivity (Wildman–Crippen MR) is 35.3 cm³/mol. The van der Waals surface area contributed by atoms with Crippen LogP contribution in [0.3, 0.4) is 0 Å². The lowest BCUT2D eigenvalue weighted by Gasteiger charge is -1.96. The zero-order valence-electron chi connectivity index (χ0n) is 5.41. The van der Waals surface area contributed by atoms with Crippen LogP contribution in [-0.2, 0) is 9.13 Å². The zero-order chi connectivity index (χ0) is 8.27. The van der Waals surface area contributed by atoms with Gasteiger partial charge in [0.25, 0.3) is 0 Å². The molecule has 11 heavy (non-hydrogen) atoms. The number of aromatic nitrogens is 2. The van der Waals surface area contributed by atoms with Crippen LogP contribution >= 0.6 is 7.68 Å². The van der Waals surface area contributed by atoms with Gasteiger partial charge in [0.15, 0.2) is 5.82 Å². The Hall–Kier alpha value is -1.06. The number of aliphatic hydroxyl groups is 1. The summed E-state index contributed by atoms with van der Waals surface area (Å²) in [4.78, 5) is 7.11. The van der Waals surface area contributed by atoms with Crippen molar-refractivity contribution in [3.05, 3.63) is 24.3 Å². The van der Waals surface area contributed by atoms with E-state index in [-0.39, 0.29) is 5.82 Å². The summed E-state index contributed by atoms with van der Waals surface area (Å²) < 4.78 is 20.4. The summed E-state index contributed by atoms with van der Waals surface area (Å²) in [6.07, 6.45) is 2.73. The highest BCUT2D eigenvalue weighted by atomic mass is 31.1. The summed E-state index contributed by atoms with van der Waals surface area (Å²) in [6, 6.07) is 1.54. The topological polar surface area (TPSA) is 80.2 Å². The lowest BCUT2D eigenvalue weighted by atomic mass is 10.6. The Bertz CT molecular complexity index is 290. The Kier molecular flexibility index (Phi) is 2.46. The van der Waals surface area contributed by atoms with Crippen molar-refractivity contribution in [1.82, 2.24) is 9.97 Å². The highest BCUT2D eigenvalue weighted by Crippen LogP contribution is 2.24. The van der Waals surface area contributed by atoms with Gasteiger partial charge in [-0.3, -0.25) is 0 Å². The second-order valence-electron chi connectivity index (χ2n) is 1.77. The average Bonchev–Trinajstić information content (AvgIpc) is 2.05. The van der Waals surface area contributed by atoms with E-state index in [1.807, 2.05) is 0 Å². The molecule has 0 spiro atoms. The van der Waals surface area contributed by atoms with Gasteiger partial charge in [-0.05, 0) is 6.07 Å². The fraction of sp³-hybridized carbons (Fsp3) is 0.200. The molecule has 0 radical (unpaired) electrons. The SMILES string of the molecule is O=P(=O)C(O)c1ncccn1. The number of rotatable bonds is 2. The molecule has 1 aromatic heterocycles. The standard InChI is InChI=1S/C5H5N2O3P/c8-5(11(9)10)4-6-2-1-3-7-4/h1-3,5,8H. The van der Waals surface area contributed by atoms with E-state index in [0.29, 0.717) is 0 Å². The number of hydrogen-bond acceptors (Lipinski definition) is 5. The quantitative estimate of drug-likeness (QED) is 0.662. The largest absolute Gasteiger partial charge is 0.371 e. The molecule has 0 fully saturated rings. The van der Waals surface area contributed by atoms with E-state index in [2.05, 4.69) is 9.97 Å². The van der Waals surface area contributed by atoms with Crippen molar-refractivity contribution in [2.75, 3.05) is 0 Å². The van der Waals surface area contributed by atoms with Crippen LogP contribution in [0.25, 0.3) is 0 Å². The van der Waals surface area contributed by atoms with Gasteiger partial charge in [0.1, 0.15) is 0 Å². The van der Waals surface area contributed by atoms with Gasteiger partial charge < -0.3 is 5.11 Å². The van der Waals surface area contributed by atoms with Crippen molar-refractivity contribution >= 4 is 7.68 Å². The molecule has 0 saturated heterocycles. The van der Waals surface area contributed by atoms with Crippen molar-refractivity contribution < 1.29 is 14.2 Å². The zero-order valence-corrected chi connectivity index (χ0v) is 6.31. The number of hydrogen-bond donors (Lipinski definition) is 1. The third-order valence-corrected chi connectivity index (χ3v) is 1.65. The van der Waals surface area contributed by atoms with Crippen molar-refractivity contribution in [3.63, 3.8) is 0 Å². The normalized spacial score (nSPS) is 12.5. The minimum absolute atomic E-state index is 0.0939. The molecule has 0 aromatic carbocycles. The molecule has 1 rings (SSSR count). The molecule has 0 aliphatic carbocycles. The summed E-state index contributed by atoms with van der Waals surface area (Å²) in [7, 11) is -2.91. The van der Waals surface area contributed by atoms with Crippen LogP contribution in [0, 0.1) is 0 Å². The molecule has 0 bridgehead atoms. The van der Waals surface area contributed by atoms with Crippen LogP contribution in [0.15, 0.2) is 18.5 Å². The molecule has 5 nitrogen and oxygen atoms in total. The lowest BCUT2D eigenvalue weighted by molar-refractivity contribution is 0.241. The Balaban J connectivity index is 2.94. The summed E-state index contributed by atoms with van der Waals surface area (Å²) in [6.45, 7) is 0. The third kappa shape index (κ3) is 1.93. The average molecular weight is 172 g/mol. The highest BCUT2D eigenvalue weighted by Gasteiger charge is 2.14. The highest BCUT2D eigenvalue weighted by molar-refractivity contribution is 7.30. The van der Waals surface area contributed by atoms with Crippen LogP contribution in [-0.4, -0.2) is 15.1 Å². The molecule has 1 aromatic rings. The molecule has 0 aliphatic heterocycles. The van der Waals surface area contributed by atoms with E-state index in [0.717, 1.165) is 0 Å². The Labute approximate surface area is 62.9 Å². The van der Waals surface area contributed by atoms with Crippen LogP contribution in [0.4, 0.5) is 0 Å². The van der Waals surface area contributed by atoms with Crippen molar-refractivity contribution in [2.24, 2.45) is 0 Å². The minimum atomic E-state index is -2.91. The summed E-state index contributed by atoms with van der Waals surface area (Å²) >= 11 is 0. The first-order valence-electron chi connectivity index (χ1n) is 2.80. The van der Waals surface area contributed by atoms with Crippen LogP contribution in [0.1, 0.15) is 11.7 Å². The maximum atomic E-state index is 10.2. The Morgan fingerprint density at radius 1 is 1.36 bits per heavy atom. The molecule has 0 amide bonds. The van der Waals surface area contributed by atoms with Gasteiger partial charge in [-0.1, -0.05) is 0 Å². The van der Waals surface area contributed by atoms with Crippen LogP contribution in [0.2, 0.25) is 0 Å². The molecule has 1 atom stereocenters.